The largest absolute Gasteiger partial charge is 0.336 e. The van der Waals surface area contributed by atoms with E-state index in [1.807, 2.05) is 29.2 Å². The van der Waals surface area contributed by atoms with Gasteiger partial charge in [0.15, 0.2) is 0 Å². The molecule has 1 aromatic heterocycles. The first-order chi connectivity index (χ1) is 12.0. The van der Waals surface area contributed by atoms with Gasteiger partial charge in [0.2, 0.25) is 0 Å². The Labute approximate surface area is 149 Å². The van der Waals surface area contributed by atoms with Gasteiger partial charge in [-0.2, -0.15) is 0 Å². The maximum atomic E-state index is 12.8. The van der Waals surface area contributed by atoms with E-state index in [1.165, 1.54) is 5.56 Å². The Morgan fingerprint density at radius 1 is 1.12 bits per heavy atom. The van der Waals surface area contributed by atoms with Crippen molar-refractivity contribution in [3.8, 4) is 11.3 Å². The van der Waals surface area contributed by atoms with Crippen LogP contribution in [-0.4, -0.2) is 72.9 Å². The fourth-order valence-corrected chi connectivity index (χ4v) is 3.15. The summed E-state index contributed by atoms with van der Waals surface area (Å²) in [6.07, 6.45) is 1.74. The van der Waals surface area contributed by atoms with E-state index in [1.54, 1.807) is 6.20 Å². The molecule has 0 spiro atoms. The maximum Gasteiger partial charge on any atom is 0.254 e. The van der Waals surface area contributed by atoms with Gasteiger partial charge in [0.05, 0.1) is 5.69 Å². The van der Waals surface area contributed by atoms with E-state index in [0.717, 1.165) is 44.0 Å². The van der Waals surface area contributed by atoms with Gasteiger partial charge in [0, 0.05) is 50.0 Å². The maximum absolute atomic E-state index is 12.8. The summed E-state index contributed by atoms with van der Waals surface area (Å²) in [5, 5.41) is 0. The van der Waals surface area contributed by atoms with Crippen molar-refractivity contribution in [1.82, 2.24) is 19.7 Å². The highest BCUT2D eigenvalue weighted by atomic mass is 16.2. The highest BCUT2D eigenvalue weighted by molar-refractivity contribution is 5.95. The van der Waals surface area contributed by atoms with Crippen molar-refractivity contribution in [3.63, 3.8) is 0 Å². The summed E-state index contributed by atoms with van der Waals surface area (Å²) in [6, 6.07) is 12.0. The number of piperazine rings is 1. The van der Waals surface area contributed by atoms with Crippen LogP contribution in [0.5, 0.6) is 0 Å². The van der Waals surface area contributed by atoms with Gasteiger partial charge in [-0.05, 0) is 38.8 Å². The minimum absolute atomic E-state index is 0.0989. The number of amides is 1. The van der Waals surface area contributed by atoms with Gasteiger partial charge in [-0.3, -0.25) is 9.78 Å². The minimum Gasteiger partial charge on any atom is -0.336 e. The molecular weight excluding hydrogens is 312 g/mol. The van der Waals surface area contributed by atoms with Crippen LogP contribution in [0.3, 0.4) is 0 Å². The molecule has 25 heavy (non-hydrogen) atoms. The average molecular weight is 338 g/mol. The molecule has 1 saturated heterocycles. The molecule has 3 rings (SSSR count). The van der Waals surface area contributed by atoms with Crippen LogP contribution < -0.4 is 0 Å². The van der Waals surface area contributed by atoms with Gasteiger partial charge in [-0.25, -0.2) is 0 Å². The Kier molecular flexibility index (Phi) is 5.46. The quantitative estimate of drug-likeness (QED) is 0.857. The lowest BCUT2D eigenvalue weighted by Crippen LogP contribution is -2.47. The molecule has 5 nitrogen and oxygen atoms in total. The predicted octanol–water partition coefficient (Wildman–Crippen LogP) is 2.20. The third-order valence-corrected chi connectivity index (χ3v) is 4.58. The van der Waals surface area contributed by atoms with Crippen molar-refractivity contribution >= 4 is 5.91 Å². The highest BCUT2D eigenvalue weighted by Crippen LogP contribution is 2.24. The molecule has 2 heterocycles. The van der Waals surface area contributed by atoms with E-state index >= 15 is 0 Å². The van der Waals surface area contributed by atoms with E-state index in [-0.39, 0.29) is 5.91 Å². The number of hydrogen-bond donors (Lipinski definition) is 0. The van der Waals surface area contributed by atoms with Crippen LogP contribution in [0.25, 0.3) is 11.3 Å². The molecule has 5 heteroatoms. The third kappa shape index (κ3) is 4.24. The van der Waals surface area contributed by atoms with Crippen molar-refractivity contribution in [2.75, 3.05) is 47.3 Å². The first-order valence-corrected chi connectivity index (χ1v) is 8.71. The Hall–Kier alpha value is -2.24. The number of benzene rings is 1. The second kappa shape index (κ2) is 7.76. The molecule has 0 aliphatic carbocycles. The number of hydrogen-bond acceptors (Lipinski definition) is 4. The number of carbonyl (C=O) groups excluding carboxylic acids is 1. The number of aromatic nitrogens is 1. The van der Waals surface area contributed by atoms with Crippen LogP contribution in [0.4, 0.5) is 0 Å². The predicted molar refractivity (Wildman–Crippen MR) is 100 cm³/mol. The molecule has 1 amide bonds. The number of nitrogens with zero attached hydrogens (tertiary/aromatic N) is 4. The number of carbonyl (C=O) groups is 1. The van der Waals surface area contributed by atoms with Crippen LogP contribution >= 0.6 is 0 Å². The fourth-order valence-electron chi connectivity index (χ4n) is 3.15. The van der Waals surface area contributed by atoms with Gasteiger partial charge in [-0.15, -0.1) is 0 Å². The first kappa shape index (κ1) is 17.6. The lowest BCUT2D eigenvalue weighted by Gasteiger charge is -2.32. The van der Waals surface area contributed by atoms with E-state index in [0.29, 0.717) is 5.56 Å². The van der Waals surface area contributed by atoms with Gasteiger partial charge in [0.1, 0.15) is 0 Å². The molecule has 0 bridgehead atoms. The summed E-state index contributed by atoms with van der Waals surface area (Å²) in [7, 11) is 6.20. The molecular formula is C20H26N4O. The van der Waals surface area contributed by atoms with E-state index in [4.69, 9.17) is 0 Å². The average Bonchev–Trinajstić information content (AvgIpc) is 2.62. The fraction of sp³-hybridized carbons (Fsp3) is 0.400. The van der Waals surface area contributed by atoms with Crippen LogP contribution in [-0.2, 0) is 6.54 Å². The summed E-state index contributed by atoms with van der Waals surface area (Å²) in [5.74, 6) is 0.0989. The molecule has 0 saturated carbocycles. The molecule has 0 unspecified atom stereocenters. The monoisotopic (exact) mass is 338 g/mol. The lowest BCUT2D eigenvalue weighted by molar-refractivity contribution is 0.0664. The highest BCUT2D eigenvalue weighted by Gasteiger charge is 2.21. The zero-order chi connectivity index (χ0) is 17.8. The minimum atomic E-state index is 0.0989. The van der Waals surface area contributed by atoms with Crippen LogP contribution in [0.1, 0.15) is 15.9 Å². The SMILES string of the molecule is CN(C)Cc1ccccc1-c1cc(C(=O)N2CCN(C)CC2)ccn1. The van der Waals surface area contributed by atoms with E-state index in [2.05, 4.69) is 48.1 Å². The van der Waals surface area contributed by atoms with Crippen molar-refractivity contribution in [2.24, 2.45) is 0 Å². The molecule has 1 fully saturated rings. The number of likely N-dealkylation sites (N-methyl/N-ethyl adjacent to an activating group) is 1. The summed E-state index contributed by atoms with van der Waals surface area (Å²) in [5.41, 5.74) is 3.88. The Bertz CT molecular complexity index is 736. The van der Waals surface area contributed by atoms with Gasteiger partial charge in [0.25, 0.3) is 5.91 Å². The van der Waals surface area contributed by atoms with Gasteiger partial charge < -0.3 is 14.7 Å². The molecule has 132 valence electrons. The third-order valence-electron chi connectivity index (χ3n) is 4.58. The molecule has 1 aromatic carbocycles. The second-order valence-corrected chi connectivity index (χ2v) is 6.92. The van der Waals surface area contributed by atoms with Crippen molar-refractivity contribution < 1.29 is 4.79 Å². The normalized spacial score (nSPS) is 15.6. The number of rotatable bonds is 4. The number of pyridine rings is 1. The van der Waals surface area contributed by atoms with Gasteiger partial charge >= 0.3 is 0 Å². The van der Waals surface area contributed by atoms with Crippen LogP contribution in [0, 0.1) is 0 Å². The first-order valence-electron chi connectivity index (χ1n) is 8.71. The van der Waals surface area contributed by atoms with E-state index in [9.17, 15) is 4.79 Å². The zero-order valence-electron chi connectivity index (χ0n) is 15.3. The standard InChI is InChI=1S/C20H26N4O/c1-22(2)15-17-6-4-5-7-18(17)19-14-16(8-9-21-19)20(25)24-12-10-23(3)11-13-24/h4-9,14H,10-13,15H2,1-3H3. The van der Waals surface area contributed by atoms with Crippen LogP contribution in [0.15, 0.2) is 42.6 Å². The summed E-state index contributed by atoms with van der Waals surface area (Å²) >= 11 is 0. The summed E-state index contributed by atoms with van der Waals surface area (Å²) < 4.78 is 0. The molecule has 0 radical (unpaired) electrons. The summed E-state index contributed by atoms with van der Waals surface area (Å²) in [6.45, 7) is 4.26. The molecule has 1 aliphatic heterocycles. The Morgan fingerprint density at radius 2 is 1.84 bits per heavy atom. The van der Waals surface area contributed by atoms with Crippen molar-refractivity contribution in [2.45, 2.75) is 6.54 Å². The molecule has 0 atom stereocenters. The topological polar surface area (TPSA) is 39.7 Å². The Morgan fingerprint density at radius 3 is 2.56 bits per heavy atom. The summed E-state index contributed by atoms with van der Waals surface area (Å²) in [4.78, 5) is 23.7. The Balaban J connectivity index is 1.86. The van der Waals surface area contributed by atoms with Gasteiger partial charge in [-0.1, -0.05) is 24.3 Å². The smallest absolute Gasteiger partial charge is 0.254 e. The second-order valence-electron chi connectivity index (χ2n) is 6.92. The zero-order valence-corrected chi connectivity index (χ0v) is 15.3. The lowest BCUT2D eigenvalue weighted by atomic mass is 10.0. The van der Waals surface area contributed by atoms with Crippen LogP contribution in [0.2, 0.25) is 0 Å². The van der Waals surface area contributed by atoms with Crippen molar-refractivity contribution in [1.29, 1.82) is 0 Å². The van der Waals surface area contributed by atoms with Crippen molar-refractivity contribution in [3.05, 3.63) is 53.7 Å². The van der Waals surface area contributed by atoms with E-state index < -0.39 is 0 Å². The molecule has 1 aliphatic rings. The molecule has 2 aromatic rings. The molecule has 0 N–H and O–H groups in total.